The Balaban J connectivity index is 1.41. The molecule has 1 N–H and O–H groups in total. The summed E-state index contributed by atoms with van der Waals surface area (Å²) in [6.45, 7) is 1.69. The summed E-state index contributed by atoms with van der Waals surface area (Å²) >= 11 is 0. The quantitative estimate of drug-likeness (QED) is 0.939. The van der Waals surface area contributed by atoms with Crippen molar-refractivity contribution >= 4 is 11.9 Å². The van der Waals surface area contributed by atoms with E-state index in [0.29, 0.717) is 17.6 Å². The molecule has 5 nitrogen and oxygen atoms in total. The summed E-state index contributed by atoms with van der Waals surface area (Å²) in [5.41, 5.74) is 3.36. The average molecular weight is 294 g/mol. The molecule has 2 heterocycles. The number of nitrogens with zero attached hydrogens (tertiary/aromatic N) is 3. The van der Waals surface area contributed by atoms with Gasteiger partial charge in [-0.15, -0.1) is 0 Å². The minimum Gasteiger partial charge on any atom is -0.351 e. The zero-order valence-corrected chi connectivity index (χ0v) is 12.3. The summed E-state index contributed by atoms with van der Waals surface area (Å²) in [5.74, 6) is 0.629. The molecule has 2 aliphatic rings. The lowest BCUT2D eigenvalue weighted by molar-refractivity contribution is 0.0651. The van der Waals surface area contributed by atoms with Crippen molar-refractivity contribution < 1.29 is 4.79 Å². The Morgan fingerprint density at radius 2 is 1.73 bits per heavy atom. The van der Waals surface area contributed by atoms with Gasteiger partial charge in [0.25, 0.3) is 5.91 Å². The number of amides is 1. The van der Waals surface area contributed by atoms with Crippen LogP contribution in [0.25, 0.3) is 0 Å². The third-order valence-corrected chi connectivity index (χ3v) is 4.43. The first-order valence-electron chi connectivity index (χ1n) is 7.74. The number of hydrogen-bond acceptors (Lipinski definition) is 4. The Hall–Kier alpha value is -2.43. The van der Waals surface area contributed by atoms with Crippen LogP contribution in [-0.4, -0.2) is 39.9 Å². The first-order valence-corrected chi connectivity index (χ1v) is 7.74. The molecule has 5 heteroatoms. The van der Waals surface area contributed by atoms with Crippen LogP contribution in [-0.2, 0) is 12.8 Å². The van der Waals surface area contributed by atoms with Crippen LogP contribution in [0, 0.1) is 0 Å². The highest BCUT2D eigenvalue weighted by Crippen LogP contribution is 2.23. The van der Waals surface area contributed by atoms with Gasteiger partial charge in [-0.05, 0) is 30.4 Å². The van der Waals surface area contributed by atoms with Crippen molar-refractivity contribution in [3.63, 3.8) is 0 Å². The van der Waals surface area contributed by atoms with Crippen LogP contribution in [0.1, 0.15) is 27.9 Å². The molecule has 1 aromatic carbocycles. The number of benzene rings is 1. The molecular formula is C17H18N4O. The van der Waals surface area contributed by atoms with Gasteiger partial charge in [-0.1, -0.05) is 24.3 Å². The van der Waals surface area contributed by atoms with E-state index in [-0.39, 0.29) is 5.91 Å². The number of hydrogen-bond donors (Lipinski definition) is 1. The number of carbonyl (C=O) groups excluding carboxylic acids is 1. The number of nitrogens with one attached hydrogen (secondary N) is 1. The number of fused-ring (bicyclic) bond motifs is 1. The van der Waals surface area contributed by atoms with Crippen LogP contribution in [0.3, 0.4) is 0 Å². The molecule has 2 aromatic rings. The molecule has 0 radical (unpaired) electrons. The van der Waals surface area contributed by atoms with Gasteiger partial charge >= 0.3 is 0 Å². The van der Waals surface area contributed by atoms with Gasteiger partial charge in [0.2, 0.25) is 5.95 Å². The zero-order valence-electron chi connectivity index (χ0n) is 12.3. The van der Waals surface area contributed by atoms with E-state index in [1.807, 2.05) is 4.90 Å². The number of carbonyl (C=O) groups is 1. The third-order valence-electron chi connectivity index (χ3n) is 4.43. The van der Waals surface area contributed by atoms with Crippen LogP contribution in [0.2, 0.25) is 0 Å². The van der Waals surface area contributed by atoms with E-state index >= 15 is 0 Å². The fourth-order valence-electron chi connectivity index (χ4n) is 3.06. The lowest BCUT2D eigenvalue weighted by Gasteiger charge is -2.30. The molecule has 112 valence electrons. The van der Waals surface area contributed by atoms with Gasteiger partial charge < -0.3 is 10.2 Å². The van der Waals surface area contributed by atoms with E-state index in [9.17, 15) is 4.79 Å². The lowest BCUT2D eigenvalue weighted by atomic mass is 10.1. The third kappa shape index (κ3) is 2.43. The van der Waals surface area contributed by atoms with E-state index in [4.69, 9.17) is 0 Å². The fraction of sp³-hybridized carbons (Fsp3) is 0.353. The second-order valence-corrected chi connectivity index (χ2v) is 5.96. The minimum atomic E-state index is 0.0334. The second kappa shape index (κ2) is 5.40. The molecule has 1 fully saturated rings. The SMILES string of the molecule is O=C(c1cnc(NC2Cc3ccccc3C2)nc1)N1CCC1. The van der Waals surface area contributed by atoms with Gasteiger partial charge in [0.15, 0.2) is 0 Å². The van der Waals surface area contributed by atoms with E-state index in [2.05, 4.69) is 39.6 Å². The van der Waals surface area contributed by atoms with Crippen LogP contribution in [0.4, 0.5) is 5.95 Å². The molecule has 1 aliphatic carbocycles. The predicted octanol–water partition coefficient (Wildman–Crippen LogP) is 1.90. The van der Waals surface area contributed by atoms with E-state index in [0.717, 1.165) is 32.4 Å². The maximum absolute atomic E-state index is 12.1. The molecule has 1 aromatic heterocycles. The molecule has 22 heavy (non-hydrogen) atoms. The number of rotatable bonds is 3. The predicted molar refractivity (Wildman–Crippen MR) is 83.8 cm³/mol. The van der Waals surface area contributed by atoms with Gasteiger partial charge in [0.1, 0.15) is 0 Å². The van der Waals surface area contributed by atoms with Gasteiger partial charge in [-0.25, -0.2) is 9.97 Å². The highest BCUT2D eigenvalue weighted by atomic mass is 16.2. The van der Waals surface area contributed by atoms with E-state index in [1.54, 1.807) is 12.4 Å². The molecule has 0 atom stereocenters. The van der Waals surface area contributed by atoms with Crippen LogP contribution in [0.15, 0.2) is 36.7 Å². The Bertz CT molecular complexity index is 669. The van der Waals surface area contributed by atoms with Gasteiger partial charge in [0, 0.05) is 31.5 Å². The van der Waals surface area contributed by atoms with Crippen molar-refractivity contribution in [1.82, 2.24) is 14.9 Å². The molecule has 1 saturated heterocycles. The standard InChI is InChI=1S/C17H18N4O/c22-16(21-6-3-7-21)14-10-18-17(19-11-14)20-15-8-12-4-1-2-5-13(12)9-15/h1-2,4-5,10-11,15H,3,6-9H2,(H,18,19,20). The second-order valence-electron chi connectivity index (χ2n) is 5.96. The van der Waals surface area contributed by atoms with Gasteiger partial charge in [-0.2, -0.15) is 0 Å². The Morgan fingerprint density at radius 1 is 1.09 bits per heavy atom. The van der Waals surface area contributed by atoms with E-state index < -0.39 is 0 Å². The molecule has 0 unspecified atom stereocenters. The minimum absolute atomic E-state index is 0.0334. The number of likely N-dealkylation sites (tertiary alicyclic amines) is 1. The molecule has 0 spiro atoms. The lowest BCUT2D eigenvalue weighted by Crippen LogP contribution is -2.42. The largest absolute Gasteiger partial charge is 0.351 e. The van der Waals surface area contributed by atoms with Crippen molar-refractivity contribution in [2.75, 3.05) is 18.4 Å². The van der Waals surface area contributed by atoms with Crippen molar-refractivity contribution in [3.8, 4) is 0 Å². The molecule has 1 aliphatic heterocycles. The highest BCUT2D eigenvalue weighted by Gasteiger charge is 2.23. The first-order chi connectivity index (χ1) is 10.8. The summed E-state index contributed by atoms with van der Waals surface area (Å²) < 4.78 is 0. The average Bonchev–Trinajstić information content (AvgIpc) is 2.88. The Labute approximate surface area is 129 Å². The zero-order chi connectivity index (χ0) is 14.9. The number of aromatic nitrogens is 2. The van der Waals surface area contributed by atoms with Crippen LogP contribution < -0.4 is 5.32 Å². The summed E-state index contributed by atoms with van der Waals surface area (Å²) in [6, 6.07) is 8.83. The Morgan fingerprint density at radius 3 is 2.27 bits per heavy atom. The maximum Gasteiger partial charge on any atom is 0.256 e. The smallest absolute Gasteiger partial charge is 0.256 e. The monoisotopic (exact) mass is 294 g/mol. The normalized spacial score (nSPS) is 17.0. The van der Waals surface area contributed by atoms with Gasteiger partial charge in [-0.3, -0.25) is 4.79 Å². The van der Waals surface area contributed by atoms with E-state index in [1.165, 1.54) is 11.1 Å². The molecular weight excluding hydrogens is 276 g/mol. The first kappa shape index (κ1) is 13.2. The Kier molecular flexibility index (Phi) is 3.25. The van der Waals surface area contributed by atoms with Crippen LogP contribution >= 0.6 is 0 Å². The number of anilines is 1. The fourth-order valence-corrected chi connectivity index (χ4v) is 3.06. The highest BCUT2D eigenvalue weighted by molar-refractivity contribution is 5.94. The van der Waals surface area contributed by atoms with Crippen molar-refractivity contribution in [3.05, 3.63) is 53.3 Å². The topological polar surface area (TPSA) is 58.1 Å². The molecule has 4 rings (SSSR count). The summed E-state index contributed by atoms with van der Waals surface area (Å²) in [6.07, 6.45) is 6.33. The van der Waals surface area contributed by atoms with Crippen molar-refractivity contribution in [1.29, 1.82) is 0 Å². The molecule has 0 saturated carbocycles. The molecule has 1 amide bonds. The van der Waals surface area contributed by atoms with Crippen molar-refractivity contribution in [2.45, 2.75) is 25.3 Å². The summed E-state index contributed by atoms with van der Waals surface area (Å²) in [4.78, 5) is 22.5. The van der Waals surface area contributed by atoms with Crippen molar-refractivity contribution in [2.24, 2.45) is 0 Å². The summed E-state index contributed by atoms with van der Waals surface area (Å²) in [7, 11) is 0. The van der Waals surface area contributed by atoms with Gasteiger partial charge in [0.05, 0.1) is 5.56 Å². The molecule has 0 bridgehead atoms. The maximum atomic E-state index is 12.1. The van der Waals surface area contributed by atoms with Crippen LogP contribution in [0.5, 0.6) is 0 Å². The summed E-state index contributed by atoms with van der Waals surface area (Å²) in [5, 5.41) is 3.36.